The Hall–Kier alpha value is -2.03. The zero-order valence-corrected chi connectivity index (χ0v) is 21.0. The highest BCUT2D eigenvalue weighted by atomic mass is 35.5. The molecule has 184 valence electrons. The average molecular weight is 500 g/mol. The van der Waals surface area contributed by atoms with E-state index in [4.69, 9.17) is 15.2 Å². The lowest BCUT2D eigenvalue weighted by atomic mass is 9.94. The second kappa shape index (κ2) is 13.6. The average Bonchev–Trinajstić information content (AvgIpc) is 2.75. The fourth-order valence-electron chi connectivity index (χ4n) is 4.24. The number of benzene rings is 2. The molecule has 0 aliphatic carbocycles. The number of hydrogen-bond donors (Lipinski definition) is 2. The van der Waals surface area contributed by atoms with Crippen LogP contribution in [-0.4, -0.2) is 73.4 Å². The topological polar surface area (TPSA) is 88.3 Å². The number of amides is 1. The number of nitrogens with two attached hydrogens (primary N) is 1. The number of methoxy groups -OCH3 is 1. The van der Waals surface area contributed by atoms with Crippen LogP contribution in [0.15, 0.2) is 42.5 Å². The van der Waals surface area contributed by atoms with Crippen molar-refractivity contribution in [3.05, 3.63) is 59.2 Å². The molecule has 0 bridgehead atoms. The van der Waals surface area contributed by atoms with Gasteiger partial charge in [0.1, 0.15) is 18.8 Å². The quantitative estimate of drug-likeness (QED) is 0.551. The van der Waals surface area contributed by atoms with Crippen molar-refractivity contribution < 1.29 is 19.4 Å². The number of primary amides is 1. The van der Waals surface area contributed by atoms with Crippen LogP contribution in [0, 0.1) is 13.8 Å². The van der Waals surface area contributed by atoms with E-state index < -0.39 is 12.1 Å². The number of halogens is 2. The van der Waals surface area contributed by atoms with Gasteiger partial charge in [-0.25, -0.2) is 0 Å². The van der Waals surface area contributed by atoms with Crippen LogP contribution in [0.1, 0.15) is 22.7 Å². The smallest absolute Gasteiger partial charge is 0.239 e. The lowest BCUT2D eigenvalue weighted by Crippen LogP contribution is -2.52. The summed E-state index contributed by atoms with van der Waals surface area (Å²) in [5.74, 6) is 0.940. The van der Waals surface area contributed by atoms with E-state index in [9.17, 15) is 9.90 Å². The lowest BCUT2D eigenvalue weighted by Gasteiger charge is -2.39. The van der Waals surface area contributed by atoms with Crippen LogP contribution in [0.3, 0.4) is 0 Å². The SMILES string of the molecule is COc1ccccc1OCC(O)CN1CCN(C(C(N)=O)c2c(C)cccc2C)CC1.Cl.Cl. The van der Waals surface area contributed by atoms with E-state index in [2.05, 4.69) is 9.80 Å². The van der Waals surface area contributed by atoms with Gasteiger partial charge in [-0.1, -0.05) is 30.3 Å². The van der Waals surface area contributed by atoms with E-state index >= 15 is 0 Å². The third-order valence-electron chi connectivity index (χ3n) is 5.83. The summed E-state index contributed by atoms with van der Waals surface area (Å²) in [5.41, 5.74) is 8.98. The first kappa shape index (κ1) is 29.0. The maximum Gasteiger partial charge on any atom is 0.239 e. The number of carbonyl (C=O) groups excluding carboxylic acids is 1. The molecule has 7 nitrogen and oxygen atoms in total. The van der Waals surface area contributed by atoms with Crippen molar-refractivity contribution in [2.24, 2.45) is 5.73 Å². The van der Waals surface area contributed by atoms with Crippen molar-refractivity contribution >= 4 is 30.7 Å². The second-order valence-electron chi connectivity index (χ2n) is 8.06. The molecule has 3 N–H and O–H groups in total. The number of carbonyl (C=O) groups is 1. The van der Waals surface area contributed by atoms with Crippen molar-refractivity contribution in [2.45, 2.75) is 26.0 Å². The third-order valence-corrected chi connectivity index (χ3v) is 5.83. The van der Waals surface area contributed by atoms with E-state index in [1.54, 1.807) is 7.11 Å². The van der Waals surface area contributed by atoms with Gasteiger partial charge in [0.15, 0.2) is 11.5 Å². The maximum atomic E-state index is 12.3. The molecule has 0 aromatic heterocycles. The summed E-state index contributed by atoms with van der Waals surface area (Å²) >= 11 is 0. The molecule has 1 fully saturated rings. The summed E-state index contributed by atoms with van der Waals surface area (Å²) in [6, 6.07) is 13.0. The fraction of sp³-hybridized carbons (Fsp3) is 0.458. The van der Waals surface area contributed by atoms with Crippen LogP contribution in [0.2, 0.25) is 0 Å². The van der Waals surface area contributed by atoms with Gasteiger partial charge in [0.2, 0.25) is 5.91 Å². The molecule has 1 heterocycles. The minimum atomic E-state index is -0.623. The zero-order chi connectivity index (χ0) is 22.4. The third kappa shape index (κ3) is 7.48. The van der Waals surface area contributed by atoms with E-state index in [0.29, 0.717) is 31.1 Å². The number of aliphatic hydroxyl groups excluding tert-OH is 1. The van der Waals surface area contributed by atoms with Gasteiger partial charge >= 0.3 is 0 Å². The zero-order valence-electron chi connectivity index (χ0n) is 19.4. The van der Waals surface area contributed by atoms with Crippen molar-refractivity contribution in [3.63, 3.8) is 0 Å². The van der Waals surface area contributed by atoms with Gasteiger partial charge in [-0.15, -0.1) is 24.8 Å². The van der Waals surface area contributed by atoms with Crippen molar-refractivity contribution in [1.29, 1.82) is 0 Å². The van der Waals surface area contributed by atoms with E-state index in [0.717, 1.165) is 29.8 Å². The molecule has 2 aromatic rings. The highest BCUT2D eigenvalue weighted by Crippen LogP contribution is 2.28. The molecule has 2 aromatic carbocycles. The molecule has 0 radical (unpaired) electrons. The number of nitrogens with zero attached hydrogens (tertiary/aromatic N) is 2. The standard InChI is InChI=1S/C24H33N3O4.2ClH/c1-17-7-6-8-18(2)22(17)23(24(25)29)27-13-11-26(12-14-27)15-19(28)16-31-21-10-5-4-9-20(21)30-3;;/h4-10,19,23,28H,11-16H2,1-3H3,(H2,25,29);2*1H. The first-order valence-corrected chi connectivity index (χ1v) is 10.7. The molecule has 1 aliphatic rings. The Morgan fingerprint density at radius 2 is 1.58 bits per heavy atom. The number of piperazine rings is 1. The number of aryl methyl sites for hydroxylation is 2. The van der Waals surface area contributed by atoms with Crippen LogP contribution in [0.5, 0.6) is 11.5 Å². The number of rotatable bonds is 9. The highest BCUT2D eigenvalue weighted by Gasteiger charge is 2.31. The van der Waals surface area contributed by atoms with Crippen LogP contribution >= 0.6 is 24.8 Å². The van der Waals surface area contributed by atoms with Gasteiger partial charge in [0, 0.05) is 32.7 Å². The van der Waals surface area contributed by atoms with Gasteiger partial charge in [-0.2, -0.15) is 0 Å². The van der Waals surface area contributed by atoms with Crippen molar-refractivity contribution in [2.75, 3.05) is 46.4 Å². The first-order valence-electron chi connectivity index (χ1n) is 10.7. The molecule has 1 amide bonds. The minimum absolute atomic E-state index is 0. The Morgan fingerprint density at radius 1 is 1.00 bits per heavy atom. The molecule has 1 saturated heterocycles. The Balaban J connectivity index is 0.00000272. The number of aliphatic hydroxyl groups is 1. The summed E-state index contributed by atoms with van der Waals surface area (Å²) in [6.45, 7) is 7.66. The molecule has 9 heteroatoms. The van der Waals surface area contributed by atoms with Crippen molar-refractivity contribution in [3.8, 4) is 11.5 Å². The maximum absolute atomic E-state index is 12.3. The molecule has 2 unspecified atom stereocenters. The number of ether oxygens (including phenoxy) is 2. The van der Waals surface area contributed by atoms with Crippen LogP contribution in [0.4, 0.5) is 0 Å². The highest BCUT2D eigenvalue weighted by molar-refractivity contribution is 5.85. The molecule has 1 aliphatic heterocycles. The van der Waals surface area contributed by atoms with E-state index in [-0.39, 0.29) is 37.3 Å². The van der Waals surface area contributed by atoms with Gasteiger partial charge in [0.05, 0.1) is 7.11 Å². The molecule has 3 rings (SSSR count). The second-order valence-corrected chi connectivity index (χ2v) is 8.06. The molecular formula is C24H35Cl2N3O4. The molecule has 0 saturated carbocycles. The fourth-order valence-corrected chi connectivity index (χ4v) is 4.24. The minimum Gasteiger partial charge on any atom is -0.493 e. The Kier molecular flexibility index (Phi) is 12.0. The van der Waals surface area contributed by atoms with E-state index in [1.165, 1.54) is 0 Å². The predicted molar refractivity (Wildman–Crippen MR) is 135 cm³/mol. The van der Waals surface area contributed by atoms with E-state index in [1.807, 2.05) is 56.3 Å². The summed E-state index contributed by atoms with van der Waals surface area (Å²) in [4.78, 5) is 16.7. The normalized spacial score (nSPS) is 16.1. The van der Waals surface area contributed by atoms with Gasteiger partial charge in [0.25, 0.3) is 0 Å². The Labute approximate surface area is 208 Å². The van der Waals surface area contributed by atoms with Gasteiger partial charge < -0.3 is 20.3 Å². The van der Waals surface area contributed by atoms with Crippen LogP contribution in [0.25, 0.3) is 0 Å². The molecule has 33 heavy (non-hydrogen) atoms. The van der Waals surface area contributed by atoms with Crippen LogP contribution in [-0.2, 0) is 4.79 Å². The molecule has 2 atom stereocenters. The predicted octanol–water partition coefficient (Wildman–Crippen LogP) is 2.74. The first-order chi connectivity index (χ1) is 14.9. The lowest BCUT2D eigenvalue weighted by molar-refractivity contribution is -0.124. The summed E-state index contributed by atoms with van der Waals surface area (Å²) in [5, 5.41) is 10.4. The van der Waals surface area contributed by atoms with Crippen LogP contribution < -0.4 is 15.2 Å². The number of para-hydroxylation sites is 2. The Morgan fingerprint density at radius 3 is 2.12 bits per heavy atom. The molecule has 0 spiro atoms. The summed E-state index contributed by atoms with van der Waals surface area (Å²) in [6.07, 6.45) is -0.623. The van der Waals surface area contributed by atoms with Gasteiger partial charge in [-0.05, 0) is 42.7 Å². The number of β-amino-alcohol motifs (C(OH)–C–C–N with tert-alkyl or cyclic N) is 1. The molecular weight excluding hydrogens is 465 g/mol. The van der Waals surface area contributed by atoms with Crippen molar-refractivity contribution in [1.82, 2.24) is 9.80 Å². The monoisotopic (exact) mass is 499 g/mol. The largest absolute Gasteiger partial charge is 0.493 e. The summed E-state index contributed by atoms with van der Waals surface area (Å²) in [7, 11) is 1.59. The Bertz CT molecular complexity index is 872. The van der Waals surface area contributed by atoms with Gasteiger partial charge in [-0.3, -0.25) is 14.6 Å². The number of hydrogen-bond acceptors (Lipinski definition) is 6. The summed E-state index contributed by atoms with van der Waals surface area (Å²) < 4.78 is 11.0.